The maximum atomic E-state index is 11.7. The van der Waals surface area contributed by atoms with Crippen LogP contribution in [0.5, 0.6) is 0 Å². The van der Waals surface area contributed by atoms with Gasteiger partial charge >= 0.3 is 6.09 Å². The number of carbonyl (C=O) groups excluding carboxylic acids is 1. The largest absolute Gasteiger partial charge is 0.447 e. The van der Waals surface area contributed by atoms with E-state index in [9.17, 15) is 14.9 Å². The van der Waals surface area contributed by atoms with Gasteiger partial charge in [0.25, 0.3) is 5.09 Å². The van der Waals surface area contributed by atoms with Crippen LogP contribution in [0, 0.1) is 16.0 Å². The Balaban J connectivity index is 2.15. The lowest BCUT2D eigenvalue weighted by molar-refractivity contribution is -0.757. The number of ether oxygens (including phenoxy) is 1. The summed E-state index contributed by atoms with van der Waals surface area (Å²) in [5, 5.41) is 9.29. The summed E-state index contributed by atoms with van der Waals surface area (Å²) in [5.41, 5.74) is 0. The van der Waals surface area contributed by atoms with Crippen molar-refractivity contribution in [3.63, 3.8) is 0 Å². The first-order valence-corrected chi connectivity index (χ1v) is 8.21. The van der Waals surface area contributed by atoms with Crippen molar-refractivity contribution in [3.8, 4) is 0 Å². The molecular weight excluding hydrogens is 288 g/mol. The predicted octanol–water partition coefficient (Wildman–Crippen LogP) is 3.40. The summed E-state index contributed by atoms with van der Waals surface area (Å²) in [6, 6.07) is 0.0264. The Labute approximate surface area is 132 Å². The van der Waals surface area contributed by atoms with E-state index in [2.05, 4.69) is 18.7 Å². The van der Waals surface area contributed by atoms with Crippen LogP contribution in [0.2, 0.25) is 0 Å². The number of cyclic esters (lactones) is 1. The summed E-state index contributed by atoms with van der Waals surface area (Å²) in [7, 11) is 0. The van der Waals surface area contributed by atoms with E-state index in [0.717, 1.165) is 18.8 Å². The van der Waals surface area contributed by atoms with E-state index >= 15 is 0 Å². The van der Waals surface area contributed by atoms with Gasteiger partial charge < -0.3 is 14.5 Å². The Bertz CT molecular complexity index is 349. The van der Waals surface area contributed by atoms with E-state index in [1.165, 1.54) is 19.3 Å². The number of nitrogens with zero attached hydrogens (tertiary/aromatic N) is 2. The summed E-state index contributed by atoms with van der Waals surface area (Å²) in [5.74, 6) is 0.749. The first-order valence-electron chi connectivity index (χ1n) is 8.21. The zero-order valence-corrected chi connectivity index (χ0v) is 13.7. The van der Waals surface area contributed by atoms with E-state index in [1.54, 1.807) is 4.90 Å². The maximum absolute atomic E-state index is 11.7. The van der Waals surface area contributed by atoms with Crippen LogP contribution in [0.1, 0.15) is 58.8 Å². The van der Waals surface area contributed by atoms with Crippen LogP contribution in [-0.2, 0) is 9.57 Å². The quantitative estimate of drug-likeness (QED) is 0.313. The minimum atomic E-state index is -0.786. The monoisotopic (exact) mass is 316 g/mol. The molecule has 1 atom stereocenters. The SMILES string of the molecule is CC(C)CCCCCCN1C(=O)OC[C@H]1CCCO[N+](=O)[O-]. The van der Waals surface area contributed by atoms with E-state index in [4.69, 9.17) is 4.74 Å². The molecule has 0 aromatic carbocycles. The van der Waals surface area contributed by atoms with Crippen molar-refractivity contribution in [3.05, 3.63) is 10.1 Å². The van der Waals surface area contributed by atoms with Gasteiger partial charge in [-0.3, -0.25) is 0 Å². The topological polar surface area (TPSA) is 81.9 Å². The minimum absolute atomic E-state index is 0.0264. The molecule has 1 fully saturated rings. The summed E-state index contributed by atoms with van der Waals surface area (Å²) >= 11 is 0. The van der Waals surface area contributed by atoms with Crippen molar-refractivity contribution in [2.24, 2.45) is 5.92 Å². The van der Waals surface area contributed by atoms with Gasteiger partial charge in [-0.05, 0) is 25.2 Å². The molecule has 7 nitrogen and oxygen atoms in total. The molecule has 0 radical (unpaired) electrons. The highest BCUT2D eigenvalue weighted by Crippen LogP contribution is 2.18. The molecule has 1 aliphatic rings. The molecule has 1 amide bonds. The van der Waals surface area contributed by atoms with Crippen molar-refractivity contribution in [2.45, 2.75) is 64.8 Å². The van der Waals surface area contributed by atoms with Crippen LogP contribution in [-0.4, -0.2) is 41.9 Å². The fourth-order valence-electron chi connectivity index (χ4n) is 2.65. The third kappa shape index (κ3) is 7.47. The highest BCUT2D eigenvalue weighted by atomic mass is 16.9. The molecule has 1 rings (SSSR count). The van der Waals surface area contributed by atoms with Gasteiger partial charge in [-0.15, -0.1) is 10.1 Å². The molecule has 1 heterocycles. The van der Waals surface area contributed by atoms with Gasteiger partial charge in [0.1, 0.15) is 6.61 Å². The Kier molecular flexibility index (Phi) is 8.62. The predicted molar refractivity (Wildman–Crippen MR) is 81.9 cm³/mol. The third-order valence-corrected chi connectivity index (χ3v) is 3.88. The first-order chi connectivity index (χ1) is 10.5. The zero-order valence-electron chi connectivity index (χ0n) is 13.7. The molecular formula is C15H28N2O5. The molecule has 0 bridgehead atoms. The molecule has 22 heavy (non-hydrogen) atoms. The number of hydrogen-bond acceptors (Lipinski definition) is 5. The summed E-state index contributed by atoms with van der Waals surface area (Å²) in [6.45, 7) is 5.62. The van der Waals surface area contributed by atoms with Gasteiger partial charge in [0.05, 0.1) is 12.6 Å². The number of unbranched alkanes of at least 4 members (excludes halogenated alkanes) is 3. The third-order valence-electron chi connectivity index (χ3n) is 3.88. The van der Waals surface area contributed by atoms with Crippen molar-refractivity contribution in [1.29, 1.82) is 0 Å². The molecule has 0 N–H and O–H groups in total. The average Bonchev–Trinajstić information content (AvgIpc) is 2.79. The van der Waals surface area contributed by atoms with E-state index in [1.807, 2.05) is 0 Å². The molecule has 1 saturated heterocycles. The molecule has 0 aromatic heterocycles. The van der Waals surface area contributed by atoms with Crippen molar-refractivity contribution in [1.82, 2.24) is 4.90 Å². The molecule has 0 spiro atoms. The highest BCUT2D eigenvalue weighted by molar-refractivity contribution is 5.70. The van der Waals surface area contributed by atoms with Gasteiger partial charge in [0.2, 0.25) is 0 Å². The fraction of sp³-hybridized carbons (Fsp3) is 0.933. The van der Waals surface area contributed by atoms with Crippen LogP contribution >= 0.6 is 0 Å². The number of hydrogen-bond donors (Lipinski definition) is 0. The molecule has 0 aromatic rings. The highest BCUT2D eigenvalue weighted by Gasteiger charge is 2.31. The molecule has 1 aliphatic heterocycles. The van der Waals surface area contributed by atoms with Crippen molar-refractivity contribution in [2.75, 3.05) is 19.8 Å². The van der Waals surface area contributed by atoms with Crippen LogP contribution in [0.15, 0.2) is 0 Å². The van der Waals surface area contributed by atoms with Crippen molar-refractivity contribution >= 4 is 6.09 Å². The van der Waals surface area contributed by atoms with Crippen LogP contribution in [0.4, 0.5) is 4.79 Å². The Morgan fingerprint density at radius 1 is 1.32 bits per heavy atom. The average molecular weight is 316 g/mol. The van der Waals surface area contributed by atoms with Gasteiger partial charge in [-0.25, -0.2) is 4.79 Å². The van der Waals surface area contributed by atoms with Gasteiger partial charge in [0.15, 0.2) is 0 Å². The van der Waals surface area contributed by atoms with E-state index in [-0.39, 0.29) is 18.7 Å². The van der Waals surface area contributed by atoms with E-state index in [0.29, 0.717) is 26.0 Å². The molecule has 0 saturated carbocycles. The Hall–Kier alpha value is -1.53. The Morgan fingerprint density at radius 2 is 2.05 bits per heavy atom. The van der Waals surface area contributed by atoms with Crippen LogP contribution in [0.25, 0.3) is 0 Å². The standard InChI is InChI=1S/C15H28N2O5/c1-13(2)8-5-3-4-6-10-16-14(12-21-15(16)18)9-7-11-22-17(19)20/h13-14H,3-12H2,1-2H3/t14-/m1/s1. The molecule has 7 heteroatoms. The fourth-order valence-corrected chi connectivity index (χ4v) is 2.65. The second-order valence-corrected chi connectivity index (χ2v) is 6.22. The number of rotatable bonds is 12. The molecule has 0 unspecified atom stereocenters. The zero-order chi connectivity index (χ0) is 16.4. The second kappa shape index (κ2) is 10.2. The normalized spacial score (nSPS) is 17.9. The lowest BCUT2D eigenvalue weighted by atomic mass is 10.0. The van der Waals surface area contributed by atoms with Gasteiger partial charge in [-0.1, -0.05) is 39.5 Å². The molecule has 0 aliphatic carbocycles. The lowest BCUT2D eigenvalue weighted by Gasteiger charge is -2.21. The number of amides is 1. The first kappa shape index (κ1) is 18.5. The van der Waals surface area contributed by atoms with Crippen LogP contribution < -0.4 is 0 Å². The summed E-state index contributed by atoms with van der Waals surface area (Å²) < 4.78 is 5.08. The van der Waals surface area contributed by atoms with E-state index < -0.39 is 5.09 Å². The molecule has 128 valence electrons. The lowest BCUT2D eigenvalue weighted by Crippen LogP contribution is -2.34. The Morgan fingerprint density at radius 3 is 2.73 bits per heavy atom. The second-order valence-electron chi connectivity index (χ2n) is 6.22. The van der Waals surface area contributed by atoms with Gasteiger partial charge in [0, 0.05) is 6.54 Å². The smallest absolute Gasteiger partial charge is 0.410 e. The van der Waals surface area contributed by atoms with Crippen molar-refractivity contribution < 1.29 is 19.5 Å². The maximum Gasteiger partial charge on any atom is 0.410 e. The van der Waals surface area contributed by atoms with Gasteiger partial charge in [-0.2, -0.15) is 0 Å². The van der Waals surface area contributed by atoms with Crippen LogP contribution in [0.3, 0.4) is 0 Å². The summed E-state index contributed by atoms with van der Waals surface area (Å²) in [6.07, 6.45) is 6.75. The number of carbonyl (C=O) groups is 1. The minimum Gasteiger partial charge on any atom is -0.447 e. The summed E-state index contributed by atoms with van der Waals surface area (Å²) in [4.78, 5) is 27.8.